The second kappa shape index (κ2) is 2.73. The van der Waals surface area contributed by atoms with Gasteiger partial charge in [0.25, 0.3) is 5.82 Å². The van der Waals surface area contributed by atoms with E-state index in [9.17, 15) is 0 Å². The number of aryl methyl sites for hydroxylation is 1. The minimum atomic E-state index is 0.295. The van der Waals surface area contributed by atoms with Gasteiger partial charge in [0.2, 0.25) is 0 Å². The summed E-state index contributed by atoms with van der Waals surface area (Å²) in [5.41, 5.74) is 0. The van der Waals surface area contributed by atoms with Crippen LogP contribution >= 0.6 is 0 Å². The van der Waals surface area contributed by atoms with E-state index in [0.29, 0.717) is 5.88 Å². The molecule has 56 valence electrons. The zero-order valence-corrected chi connectivity index (χ0v) is 6.39. The number of nitrogens with one attached hydrogen (secondary N) is 1. The number of hydrogen-bond donors (Lipinski definition) is 2. The maximum Gasteiger partial charge on any atom is 0.321 e. The predicted molar refractivity (Wildman–Crippen MR) is 37.6 cm³/mol. The molecule has 0 saturated carbocycles. The SMILES string of the molecule is CCCc1[nH]cc(O)[n+]1C. The maximum absolute atomic E-state index is 9.10. The third-order valence-electron chi connectivity index (χ3n) is 1.60. The minimum Gasteiger partial charge on any atom is -0.475 e. The Morgan fingerprint density at radius 3 is 2.80 bits per heavy atom. The summed E-state index contributed by atoms with van der Waals surface area (Å²) < 4.78 is 1.75. The number of H-pyrrole nitrogens is 1. The van der Waals surface area contributed by atoms with Gasteiger partial charge in [-0.1, -0.05) is 6.92 Å². The van der Waals surface area contributed by atoms with Crippen molar-refractivity contribution in [1.29, 1.82) is 0 Å². The van der Waals surface area contributed by atoms with E-state index in [0.717, 1.165) is 18.7 Å². The second-order valence-corrected chi connectivity index (χ2v) is 2.40. The average molecular weight is 141 g/mol. The number of rotatable bonds is 2. The lowest BCUT2D eigenvalue weighted by atomic mass is 10.3. The number of aromatic amines is 1. The Morgan fingerprint density at radius 1 is 1.70 bits per heavy atom. The van der Waals surface area contributed by atoms with Crippen molar-refractivity contribution < 1.29 is 9.67 Å². The van der Waals surface area contributed by atoms with Crippen molar-refractivity contribution in [3.8, 4) is 5.88 Å². The van der Waals surface area contributed by atoms with Crippen molar-refractivity contribution in [3.05, 3.63) is 12.0 Å². The van der Waals surface area contributed by atoms with Gasteiger partial charge in [-0.05, 0) is 6.42 Å². The zero-order valence-electron chi connectivity index (χ0n) is 6.39. The van der Waals surface area contributed by atoms with Gasteiger partial charge < -0.3 is 5.11 Å². The van der Waals surface area contributed by atoms with Crippen LogP contribution in [0.25, 0.3) is 0 Å². The highest BCUT2D eigenvalue weighted by Gasteiger charge is 2.10. The highest BCUT2D eigenvalue weighted by molar-refractivity contribution is 4.93. The lowest BCUT2D eigenvalue weighted by Gasteiger charge is -1.89. The molecule has 0 aliphatic rings. The molecule has 0 aliphatic carbocycles. The minimum absolute atomic E-state index is 0.295. The van der Waals surface area contributed by atoms with Crippen molar-refractivity contribution in [2.45, 2.75) is 19.8 Å². The first kappa shape index (κ1) is 7.12. The summed E-state index contributed by atoms with van der Waals surface area (Å²) in [4.78, 5) is 2.99. The summed E-state index contributed by atoms with van der Waals surface area (Å²) in [6.07, 6.45) is 3.68. The molecular weight excluding hydrogens is 128 g/mol. The van der Waals surface area contributed by atoms with Crippen molar-refractivity contribution in [2.24, 2.45) is 7.05 Å². The molecule has 0 aliphatic heterocycles. The molecule has 1 heterocycles. The summed E-state index contributed by atoms with van der Waals surface area (Å²) in [7, 11) is 1.84. The van der Waals surface area contributed by atoms with E-state index in [1.807, 2.05) is 7.05 Å². The maximum atomic E-state index is 9.10. The summed E-state index contributed by atoms with van der Waals surface area (Å²) in [5, 5.41) is 9.10. The fraction of sp³-hybridized carbons (Fsp3) is 0.571. The predicted octanol–water partition coefficient (Wildman–Crippen LogP) is 0.497. The monoisotopic (exact) mass is 141 g/mol. The molecule has 1 aromatic rings. The van der Waals surface area contributed by atoms with Crippen molar-refractivity contribution in [2.75, 3.05) is 0 Å². The molecule has 0 radical (unpaired) electrons. The van der Waals surface area contributed by atoms with E-state index < -0.39 is 0 Å². The van der Waals surface area contributed by atoms with E-state index in [1.54, 1.807) is 10.8 Å². The molecule has 1 rings (SSSR count). The molecule has 0 atom stereocenters. The summed E-state index contributed by atoms with van der Waals surface area (Å²) in [5.74, 6) is 1.36. The van der Waals surface area contributed by atoms with Crippen LogP contribution in [0.3, 0.4) is 0 Å². The van der Waals surface area contributed by atoms with Gasteiger partial charge in [-0.3, -0.25) is 0 Å². The van der Waals surface area contributed by atoms with Crippen molar-refractivity contribution >= 4 is 0 Å². The number of aromatic hydroxyl groups is 1. The molecular formula is C7H13N2O+. The zero-order chi connectivity index (χ0) is 7.56. The lowest BCUT2D eigenvalue weighted by molar-refractivity contribution is -0.683. The Labute approximate surface area is 60.3 Å². The lowest BCUT2D eigenvalue weighted by Crippen LogP contribution is -2.30. The molecule has 3 nitrogen and oxygen atoms in total. The van der Waals surface area contributed by atoms with E-state index >= 15 is 0 Å². The molecule has 0 saturated heterocycles. The van der Waals surface area contributed by atoms with E-state index in [-0.39, 0.29) is 0 Å². The van der Waals surface area contributed by atoms with Crippen LogP contribution in [0, 0.1) is 0 Å². The highest BCUT2D eigenvalue weighted by atomic mass is 16.3. The fourth-order valence-corrected chi connectivity index (χ4v) is 0.956. The first-order valence-electron chi connectivity index (χ1n) is 3.51. The van der Waals surface area contributed by atoms with Gasteiger partial charge in [0, 0.05) is 6.42 Å². The molecule has 0 fully saturated rings. The van der Waals surface area contributed by atoms with Gasteiger partial charge in [0.1, 0.15) is 0 Å². The first-order chi connectivity index (χ1) is 4.75. The molecule has 2 N–H and O–H groups in total. The van der Waals surface area contributed by atoms with Crippen molar-refractivity contribution in [3.63, 3.8) is 0 Å². The van der Waals surface area contributed by atoms with Gasteiger partial charge in [-0.25, -0.2) is 9.55 Å². The number of nitrogens with zero attached hydrogens (tertiary/aromatic N) is 1. The van der Waals surface area contributed by atoms with Crippen LogP contribution < -0.4 is 4.57 Å². The molecule has 0 unspecified atom stereocenters. The van der Waals surface area contributed by atoms with Crippen LogP contribution in [-0.4, -0.2) is 10.1 Å². The molecule has 0 spiro atoms. The van der Waals surface area contributed by atoms with Crippen LogP contribution in [0.15, 0.2) is 6.20 Å². The smallest absolute Gasteiger partial charge is 0.321 e. The highest BCUT2D eigenvalue weighted by Crippen LogP contribution is 2.00. The topological polar surface area (TPSA) is 39.9 Å². The third kappa shape index (κ3) is 1.12. The van der Waals surface area contributed by atoms with Gasteiger partial charge >= 0.3 is 5.88 Å². The van der Waals surface area contributed by atoms with Crippen LogP contribution in [0.4, 0.5) is 0 Å². The number of aromatic nitrogens is 2. The largest absolute Gasteiger partial charge is 0.475 e. The Kier molecular flexibility index (Phi) is 1.94. The normalized spacial score (nSPS) is 10.2. The van der Waals surface area contributed by atoms with Crippen LogP contribution in [0.5, 0.6) is 5.88 Å². The first-order valence-corrected chi connectivity index (χ1v) is 3.51. The molecule has 1 aromatic heterocycles. The molecule has 0 amide bonds. The summed E-state index contributed by atoms with van der Waals surface area (Å²) >= 11 is 0. The molecule has 0 bridgehead atoms. The Bertz CT molecular complexity index is 217. The molecule has 3 heteroatoms. The second-order valence-electron chi connectivity index (χ2n) is 2.40. The summed E-state index contributed by atoms with van der Waals surface area (Å²) in [6.45, 7) is 2.11. The third-order valence-corrected chi connectivity index (χ3v) is 1.60. The van der Waals surface area contributed by atoms with Crippen LogP contribution in [0.1, 0.15) is 19.2 Å². The van der Waals surface area contributed by atoms with Gasteiger partial charge in [0.15, 0.2) is 6.20 Å². The average Bonchev–Trinajstić information content (AvgIpc) is 2.20. The van der Waals surface area contributed by atoms with E-state index in [2.05, 4.69) is 11.9 Å². The Hall–Kier alpha value is -0.990. The number of imidazole rings is 1. The van der Waals surface area contributed by atoms with Gasteiger partial charge in [-0.15, -0.1) is 0 Å². The summed E-state index contributed by atoms with van der Waals surface area (Å²) in [6, 6.07) is 0. The number of hydrogen-bond acceptors (Lipinski definition) is 1. The fourth-order valence-electron chi connectivity index (χ4n) is 0.956. The molecule has 10 heavy (non-hydrogen) atoms. The van der Waals surface area contributed by atoms with E-state index in [4.69, 9.17) is 5.11 Å². The van der Waals surface area contributed by atoms with Crippen molar-refractivity contribution in [1.82, 2.24) is 4.98 Å². The van der Waals surface area contributed by atoms with E-state index in [1.165, 1.54) is 0 Å². The molecule has 0 aromatic carbocycles. The Morgan fingerprint density at radius 2 is 2.40 bits per heavy atom. The Balaban J connectivity index is 2.83. The van der Waals surface area contributed by atoms with Crippen LogP contribution in [-0.2, 0) is 13.5 Å². The van der Waals surface area contributed by atoms with Crippen LogP contribution in [0.2, 0.25) is 0 Å². The standard InChI is InChI=1S/C7H12N2O/c1-3-4-6-8-5-7(10)9(6)2/h5,10H,3-4H2,1-2H3/p+1. The quantitative estimate of drug-likeness (QED) is 0.578. The van der Waals surface area contributed by atoms with Gasteiger partial charge in [0.05, 0.1) is 7.05 Å². The van der Waals surface area contributed by atoms with Gasteiger partial charge in [-0.2, -0.15) is 0 Å².